The molecule has 0 bridgehead atoms. The third kappa shape index (κ3) is 1.58. The smallest absolute Gasteiger partial charge is 0.0767 e. The van der Waals surface area contributed by atoms with Gasteiger partial charge in [-0.25, -0.2) is 0 Å². The molecular formula is C12H14BrN3. The number of nitrogens with zero attached hydrogens (tertiary/aromatic N) is 1. The molecule has 0 atom stereocenters. The summed E-state index contributed by atoms with van der Waals surface area (Å²) in [6.07, 6.45) is 0. The van der Waals surface area contributed by atoms with Crippen LogP contribution in [0.3, 0.4) is 0 Å². The molecule has 1 aromatic heterocycles. The van der Waals surface area contributed by atoms with Crippen molar-refractivity contribution in [1.82, 2.24) is 4.98 Å². The van der Waals surface area contributed by atoms with Crippen molar-refractivity contribution in [2.75, 3.05) is 5.43 Å². The number of rotatable bonds is 1. The molecule has 1 heterocycles. The third-order valence-electron chi connectivity index (χ3n) is 2.92. The number of aromatic nitrogens is 1. The zero-order chi connectivity index (χ0) is 11.9. The van der Waals surface area contributed by atoms with E-state index in [1.54, 1.807) is 0 Å². The molecule has 0 aliphatic rings. The quantitative estimate of drug-likeness (QED) is 0.623. The number of nitrogens with one attached hydrogen (secondary N) is 1. The fourth-order valence-corrected chi connectivity index (χ4v) is 2.37. The Morgan fingerprint density at radius 3 is 2.56 bits per heavy atom. The molecule has 0 unspecified atom stereocenters. The number of benzene rings is 1. The number of pyridine rings is 1. The summed E-state index contributed by atoms with van der Waals surface area (Å²) < 4.78 is 1.01. The molecule has 0 spiro atoms. The van der Waals surface area contributed by atoms with Crippen molar-refractivity contribution >= 4 is 32.5 Å². The Hall–Kier alpha value is -1.13. The lowest BCUT2D eigenvalue weighted by Crippen LogP contribution is -2.10. The average molecular weight is 280 g/mol. The van der Waals surface area contributed by atoms with Crippen LogP contribution in [-0.4, -0.2) is 4.98 Å². The molecule has 0 fully saturated rings. The lowest BCUT2D eigenvalue weighted by atomic mass is 10.0. The Morgan fingerprint density at radius 2 is 1.94 bits per heavy atom. The van der Waals surface area contributed by atoms with Gasteiger partial charge in [-0.15, -0.1) is 0 Å². The zero-order valence-corrected chi connectivity index (χ0v) is 11.1. The number of fused-ring (bicyclic) bond motifs is 1. The van der Waals surface area contributed by atoms with Gasteiger partial charge in [-0.2, -0.15) is 0 Å². The minimum atomic E-state index is 0.943. The van der Waals surface area contributed by atoms with Gasteiger partial charge in [-0.1, -0.05) is 22.0 Å². The summed E-state index contributed by atoms with van der Waals surface area (Å²) in [5.74, 6) is 5.61. The molecule has 3 N–H and O–H groups in total. The minimum absolute atomic E-state index is 0.943. The van der Waals surface area contributed by atoms with Gasteiger partial charge in [-0.05, 0) is 38.0 Å². The van der Waals surface area contributed by atoms with Crippen LogP contribution < -0.4 is 11.3 Å². The largest absolute Gasteiger partial charge is 0.323 e. The SMILES string of the molecule is Cc1nc2c(C)ccc(Br)c2c(NN)c1C. The van der Waals surface area contributed by atoms with Crippen molar-refractivity contribution in [3.8, 4) is 0 Å². The molecule has 0 radical (unpaired) electrons. The van der Waals surface area contributed by atoms with E-state index < -0.39 is 0 Å². The topological polar surface area (TPSA) is 50.9 Å². The highest BCUT2D eigenvalue weighted by Gasteiger charge is 2.12. The van der Waals surface area contributed by atoms with Crippen LogP contribution in [0.1, 0.15) is 16.8 Å². The van der Waals surface area contributed by atoms with Gasteiger partial charge < -0.3 is 5.43 Å². The number of anilines is 1. The monoisotopic (exact) mass is 279 g/mol. The highest BCUT2D eigenvalue weighted by atomic mass is 79.9. The maximum atomic E-state index is 5.61. The second kappa shape index (κ2) is 4.03. The van der Waals surface area contributed by atoms with Gasteiger partial charge in [0.15, 0.2) is 0 Å². The molecular weight excluding hydrogens is 266 g/mol. The molecule has 0 saturated heterocycles. The van der Waals surface area contributed by atoms with Gasteiger partial charge in [0.25, 0.3) is 0 Å². The van der Waals surface area contributed by atoms with Crippen LogP contribution in [0.15, 0.2) is 16.6 Å². The van der Waals surface area contributed by atoms with Gasteiger partial charge in [0.1, 0.15) is 0 Å². The van der Waals surface area contributed by atoms with Gasteiger partial charge in [0.05, 0.1) is 11.2 Å². The van der Waals surface area contributed by atoms with E-state index in [2.05, 4.69) is 39.3 Å². The first-order chi connectivity index (χ1) is 7.56. The van der Waals surface area contributed by atoms with Gasteiger partial charge in [0, 0.05) is 15.6 Å². The lowest BCUT2D eigenvalue weighted by molar-refractivity contribution is 1.17. The summed E-state index contributed by atoms with van der Waals surface area (Å²) in [6, 6.07) is 4.07. The van der Waals surface area contributed by atoms with Crippen molar-refractivity contribution in [2.24, 2.45) is 5.84 Å². The van der Waals surface area contributed by atoms with Crippen molar-refractivity contribution in [3.63, 3.8) is 0 Å². The van der Waals surface area contributed by atoms with Gasteiger partial charge in [0.2, 0.25) is 0 Å². The maximum Gasteiger partial charge on any atom is 0.0767 e. The Morgan fingerprint density at radius 1 is 1.25 bits per heavy atom. The molecule has 2 rings (SSSR count). The van der Waals surface area contributed by atoms with Crippen molar-refractivity contribution in [3.05, 3.63) is 33.4 Å². The first-order valence-electron chi connectivity index (χ1n) is 5.09. The first-order valence-corrected chi connectivity index (χ1v) is 5.88. The van der Waals surface area contributed by atoms with Crippen LogP contribution in [0.25, 0.3) is 10.9 Å². The molecule has 0 amide bonds. The number of nitrogen functional groups attached to an aromatic ring is 1. The van der Waals surface area contributed by atoms with Gasteiger partial charge >= 0.3 is 0 Å². The normalized spacial score (nSPS) is 10.8. The summed E-state index contributed by atoms with van der Waals surface area (Å²) in [6.45, 7) is 6.07. The number of aryl methyl sites for hydroxylation is 2. The number of hydrazine groups is 1. The Bertz CT molecular complexity index is 564. The van der Waals surface area contributed by atoms with E-state index in [4.69, 9.17) is 5.84 Å². The van der Waals surface area contributed by atoms with Crippen molar-refractivity contribution < 1.29 is 0 Å². The second-order valence-corrected chi connectivity index (χ2v) is 4.78. The van der Waals surface area contributed by atoms with E-state index in [1.807, 2.05) is 19.9 Å². The van der Waals surface area contributed by atoms with E-state index in [0.717, 1.165) is 37.9 Å². The Balaban J connectivity index is 3.02. The summed E-state index contributed by atoms with van der Waals surface area (Å²) in [5.41, 5.74) is 7.95. The molecule has 4 heteroatoms. The highest BCUT2D eigenvalue weighted by Crippen LogP contribution is 2.34. The summed E-state index contributed by atoms with van der Waals surface area (Å²) in [5, 5.41) is 1.05. The van der Waals surface area contributed by atoms with Gasteiger partial charge in [-0.3, -0.25) is 10.8 Å². The fraction of sp³-hybridized carbons (Fsp3) is 0.250. The van der Waals surface area contributed by atoms with E-state index in [-0.39, 0.29) is 0 Å². The molecule has 0 aliphatic carbocycles. The second-order valence-electron chi connectivity index (χ2n) is 3.93. The molecule has 3 nitrogen and oxygen atoms in total. The van der Waals surface area contributed by atoms with Crippen LogP contribution in [0.2, 0.25) is 0 Å². The van der Waals surface area contributed by atoms with E-state index in [0.29, 0.717) is 0 Å². The van der Waals surface area contributed by atoms with E-state index in [1.165, 1.54) is 0 Å². The predicted octanol–water partition coefficient (Wildman–Crippen LogP) is 3.21. The fourth-order valence-electron chi connectivity index (χ4n) is 1.85. The van der Waals surface area contributed by atoms with Crippen LogP contribution in [0, 0.1) is 20.8 Å². The summed E-state index contributed by atoms with van der Waals surface area (Å²) >= 11 is 3.55. The number of hydrogen-bond donors (Lipinski definition) is 2. The standard InChI is InChI=1S/C12H14BrN3/c1-6-4-5-9(13)10-11(6)15-8(3)7(2)12(10)16-14/h4-5H,14H2,1-3H3,(H,15,16). The molecule has 0 aliphatic heterocycles. The van der Waals surface area contributed by atoms with Crippen LogP contribution in [-0.2, 0) is 0 Å². The zero-order valence-electron chi connectivity index (χ0n) is 9.56. The lowest BCUT2D eigenvalue weighted by Gasteiger charge is -2.14. The predicted molar refractivity (Wildman–Crippen MR) is 71.5 cm³/mol. The molecule has 2 aromatic rings. The summed E-state index contributed by atoms with van der Waals surface area (Å²) in [4.78, 5) is 4.62. The average Bonchev–Trinajstić information content (AvgIpc) is 2.26. The van der Waals surface area contributed by atoms with Crippen LogP contribution in [0.4, 0.5) is 5.69 Å². The summed E-state index contributed by atoms with van der Waals surface area (Å²) in [7, 11) is 0. The molecule has 16 heavy (non-hydrogen) atoms. The third-order valence-corrected chi connectivity index (χ3v) is 3.58. The van der Waals surface area contributed by atoms with Crippen LogP contribution in [0.5, 0.6) is 0 Å². The maximum absolute atomic E-state index is 5.61. The number of halogens is 1. The van der Waals surface area contributed by atoms with Crippen LogP contribution >= 0.6 is 15.9 Å². The van der Waals surface area contributed by atoms with E-state index >= 15 is 0 Å². The minimum Gasteiger partial charge on any atom is -0.323 e. The molecule has 1 aromatic carbocycles. The number of nitrogens with two attached hydrogens (primary N) is 1. The van der Waals surface area contributed by atoms with Crippen molar-refractivity contribution in [2.45, 2.75) is 20.8 Å². The Kier molecular flexibility index (Phi) is 2.86. The molecule has 84 valence electrons. The number of hydrogen-bond acceptors (Lipinski definition) is 3. The highest BCUT2D eigenvalue weighted by molar-refractivity contribution is 9.10. The van der Waals surface area contributed by atoms with E-state index in [9.17, 15) is 0 Å². The molecule has 0 saturated carbocycles. The Labute approximate surface area is 103 Å². The van der Waals surface area contributed by atoms with Crippen molar-refractivity contribution in [1.29, 1.82) is 0 Å². The first kappa shape index (κ1) is 11.4.